The van der Waals surface area contributed by atoms with Gasteiger partial charge in [-0.2, -0.15) is 0 Å². The van der Waals surface area contributed by atoms with E-state index in [-0.39, 0.29) is 17.2 Å². The maximum absolute atomic E-state index is 12.1. The monoisotopic (exact) mass is 274 g/mol. The quantitative estimate of drug-likeness (QED) is 0.817. The van der Waals surface area contributed by atoms with Crippen molar-refractivity contribution in [1.29, 1.82) is 0 Å². The topological polar surface area (TPSA) is 49.4 Å². The Kier molecular flexibility index (Phi) is 5.79. The van der Waals surface area contributed by atoms with Gasteiger partial charge in [-0.1, -0.05) is 0 Å². The van der Waals surface area contributed by atoms with Gasteiger partial charge in [0.2, 0.25) is 5.91 Å². The molecule has 5 heteroatoms. The highest BCUT2D eigenvalue weighted by atomic mass is 32.2. The first-order valence-corrected chi connectivity index (χ1v) is 8.34. The molecule has 1 heterocycles. The molecule has 4 nitrogen and oxygen atoms in total. The SMILES string of the molecule is CC1CCC(C)N1C(C)C(=O)NCC(C)S(C)=O. The molecule has 0 bridgehead atoms. The molecule has 1 saturated heterocycles. The second-order valence-electron chi connectivity index (χ2n) is 5.45. The summed E-state index contributed by atoms with van der Waals surface area (Å²) in [4.78, 5) is 14.4. The molecular formula is C13H26N2O2S. The second-order valence-corrected chi connectivity index (χ2v) is 7.25. The zero-order chi connectivity index (χ0) is 13.9. The van der Waals surface area contributed by atoms with Crippen LogP contribution < -0.4 is 5.32 Å². The standard InChI is InChI=1S/C13H26N2O2S/c1-9-6-7-10(2)15(9)12(4)13(16)14-8-11(3)18(5)17/h9-12H,6-8H2,1-5H3,(H,14,16). The molecule has 5 atom stereocenters. The molecule has 0 aromatic heterocycles. The zero-order valence-corrected chi connectivity index (χ0v) is 12.9. The van der Waals surface area contributed by atoms with E-state index in [2.05, 4.69) is 24.1 Å². The highest BCUT2D eigenvalue weighted by molar-refractivity contribution is 7.84. The predicted octanol–water partition coefficient (Wildman–Crippen LogP) is 1.13. The predicted molar refractivity (Wildman–Crippen MR) is 76.0 cm³/mol. The van der Waals surface area contributed by atoms with E-state index in [4.69, 9.17) is 0 Å². The van der Waals surface area contributed by atoms with Crippen LogP contribution in [-0.2, 0) is 15.6 Å². The van der Waals surface area contributed by atoms with Crippen LogP contribution in [-0.4, -0.2) is 51.2 Å². The summed E-state index contributed by atoms with van der Waals surface area (Å²) in [6.07, 6.45) is 3.99. The van der Waals surface area contributed by atoms with Gasteiger partial charge in [-0.15, -0.1) is 0 Å². The Morgan fingerprint density at radius 3 is 2.28 bits per heavy atom. The first-order valence-electron chi connectivity index (χ1n) is 6.72. The van der Waals surface area contributed by atoms with Gasteiger partial charge in [0.1, 0.15) is 0 Å². The Morgan fingerprint density at radius 1 is 1.33 bits per heavy atom. The zero-order valence-electron chi connectivity index (χ0n) is 12.1. The number of carbonyl (C=O) groups excluding carboxylic acids is 1. The lowest BCUT2D eigenvalue weighted by atomic mass is 10.2. The lowest BCUT2D eigenvalue weighted by Crippen LogP contribution is -2.50. The molecule has 1 aliphatic rings. The summed E-state index contributed by atoms with van der Waals surface area (Å²) in [6.45, 7) is 8.69. The summed E-state index contributed by atoms with van der Waals surface area (Å²) in [5.41, 5.74) is 0. The van der Waals surface area contributed by atoms with Crippen molar-refractivity contribution in [2.24, 2.45) is 0 Å². The Morgan fingerprint density at radius 2 is 1.83 bits per heavy atom. The van der Waals surface area contributed by atoms with Gasteiger partial charge >= 0.3 is 0 Å². The van der Waals surface area contributed by atoms with Crippen LogP contribution >= 0.6 is 0 Å². The Hall–Kier alpha value is -0.420. The summed E-state index contributed by atoms with van der Waals surface area (Å²) < 4.78 is 11.2. The fourth-order valence-corrected chi connectivity index (χ4v) is 2.94. The van der Waals surface area contributed by atoms with E-state index in [1.54, 1.807) is 6.26 Å². The number of rotatable bonds is 5. The van der Waals surface area contributed by atoms with Crippen molar-refractivity contribution < 1.29 is 9.00 Å². The maximum Gasteiger partial charge on any atom is 0.237 e. The molecule has 0 spiro atoms. The minimum Gasteiger partial charge on any atom is -0.354 e. The number of carbonyl (C=O) groups is 1. The maximum atomic E-state index is 12.1. The molecule has 0 aromatic carbocycles. The van der Waals surface area contributed by atoms with E-state index in [1.165, 1.54) is 0 Å². The summed E-state index contributed by atoms with van der Waals surface area (Å²) in [6, 6.07) is 0.840. The average Bonchev–Trinajstić information content (AvgIpc) is 2.64. The van der Waals surface area contributed by atoms with Gasteiger partial charge in [0.15, 0.2) is 0 Å². The molecule has 1 rings (SSSR count). The fourth-order valence-electron chi connectivity index (χ4n) is 2.62. The Balaban J connectivity index is 2.48. The summed E-state index contributed by atoms with van der Waals surface area (Å²) in [7, 11) is -0.884. The summed E-state index contributed by atoms with van der Waals surface area (Å²) in [5.74, 6) is 0.0490. The van der Waals surface area contributed by atoms with Gasteiger partial charge in [-0.25, -0.2) is 0 Å². The van der Waals surface area contributed by atoms with E-state index in [1.807, 2.05) is 13.8 Å². The second kappa shape index (κ2) is 6.66. The lowest BCUT2D eigenvalue weighted by molar-refractivity contribution is -0.126. The fraction of sp³-hybridized carbons (Fsp3) is 0.923. The van der Waals surface area contributed by atoms with E-state index in [9.17, 15) is 9.00 Å². The molecule has 0 radical (unpaired) electrons. The first kappa shape index (κ1) is 15.6. The molecule has 1 aliphatic heterocycles. The first-order chi connectivity index (χ1) is 8.34. The third-order valence-electron chi connectivity index (χ3n) is 3.98. The largest absolute Gasteiger partial charge is 0.354 e. The van der Waals surface area contributed by atoms with E-state index < -0.39 is 10.8 Å². The molecular weight excluding hydrogens is 248 g/mol. The highest BCUT2D eigenvalue weighted by Gasteiger charge is 2.34. The van der Waals surface area contributed by atoms with Crippen LogP contribution in [0.4, 0.5) is 0 Å². The Labute approximate surface area is 113 Å². The molecule has 1 fully saturated rings. The molecule has 1 N–H and O–H groups in total. The number of hydrogen-bond acceptors (Lipinski definition) is 3. The lowest BCUT2D eigenvalue weighted by Gasteiger charge is -2.31. The van der Waals surface area contributed by atoms with Crippen LogP contribution in [0.3, 0.4) is 0 Å². The molecule has 5 unspecified atom stereocenters. The van der Waals surface area contributed by atoms with Crippen molar-refractivity contribution in [3.05, 3.63) is 0 Å². The summed E-state index contributed by atoms with van der Waals surface area (Å²) in [5, 5.41) is 2.92. The smallest absolute Gasteiger partial charge is 0.237 e. The summed E-state index contributed by atoms with van der Waals surface area (Å²) >= 11 is 0. The molecule has 0 aromatic rings. The number of nitrogens with zero attached hydrogens (tertiary/aromatic N) is 1. The minimum atomic E-state index is -0.884. The van der Waals surface area contributed by atoms with Crippen molar-refractivity contribution >= 4 is 16.7 Å². The highest BCUT2D eigenvalue weighted by Crippen LogP contribution is 2.25. The molecule has 106 valence electrons. The number of amides is 1. The van der Waals surface area contributed by atoms with Gasteiger partial charge in [-0.05, 0) is 40.5 Å². The minimum absolute atomic E-state index is 0.00887. The van der Waals surface area contributed by atoms with Crippen LogP contribution in [0, 0.1) is 0 Å². The molecule has 0 saturated carbocycles. The van der Waals surface area contributed by atoms with Gasteiger partial charge < -0.3 is 5.32 Å². The van der Waals surface area contributed by atoms with Crippen molar-refractivity contribution in [2.75, 3.05) is 12.8 Å². The number of nitrogens with one attached hydrogen (secondary N) is 1. The third kappa shape index (κ3) is 3.79. The van der Waals surface area contributed by atoms with Gasteiger partial charge in [0.05, 0.1) is 6.04 Å². The van der Waals surface area contributed by atoms with Crippen LogP contribution in [0.25, 0.3) is 0 Å². The molecule has 0 aliphatic carbocycles. The van der Waals surface area contributed by atoms with E-state index in [0.29, 0.717) is 18.6 Å². The van der Waals surface area contributed by atoms with E-state index >= 15 is 0 Å². The van der Waals surface area contributed by atoms with Crippen LogP contribution in [0.1, 0.15) is 40.5 Å². The molecule has 18 heavy (non-hydrogen) atoms. The normalized spacial score (nSPS) is 29.8. The van der Waals surface area contributed by atoms with Crippen LogP contribution in [0.5, 0.6) is 0 Å². The van der Waals surface area contributed by atoms with Crippen molar-refractivity contribution in [2.45, 2.75) is 63.9 Å². The molecule has 1 amide bonds. The number of hydrogen-bond donors (Lipinski definition) is 1. The Bertz CT molecular complexity index is 312. The van der Waals surface area contributed by atoms with E-state index in [0.717, 1.165) is 12.8 Å². The van der Waals surface area contributed by atoms with Crippen molar-refractivity contribution in [3.63, 3.8) is 0 Å². The van der Waals surface area contributed by atoms with Crippen molar-refractivity contribution in [1.82, 2.24) is 10.2 Å². The van der Waals surface area contributed by atoms with Crippen LogP contribution in [0.2, 0.25) is 0 Å². The third-order valence-corrected chi connectivity index (χ3v) is 5.28. The van der Waals surface area contributed by atoms with Crippen molar-refractivity contribution in [3.8, 4) is 0 Å². The number of likely N-dealkylation sites (tertiary alicyclic amines) is 1. The van der Waals surface area contributed by atoms with Crippen LogP contribution in [0.15, 0.2) is 0 Å². The average molecular weight is 274 g/mol. The van der Waals surface area contributed by atoms with Gasteiger partial charge in [-0.3, -0.25) is 13.9 Å². The van der Waals surface area contributed by atoms with Gasteiger partial charge in [0.25, 0.3) is 0 Å². The van der Waals surface area contributed by atoms with Gasteiger partial charge in [0, 0.05) is 40.9 Å².